The maximum absolute atomic E-state index is 12.3. The first-order chi connectivity index (χ1) is 9.79. The number of aromatic nitrogens is 1. The topological polar surface area (TPSA) is 70.6 Å². The van der Waals surface area contributed by atoms with E-state index in [0.717, 1.165) is 5.69 Å². The van der Waals surface area contributed by atoms with E-state index >= 15 is 0 Å². The Bertz CT molecular complexity index is 605. The molecule has 1 aromatic rings. The highest BCUT2D eigenvalue weighted by molar-refractivity contribution is 7.88. The van der Waals surface area contributed by atoms with E-state index in [-0.39, 0.29) is 11.9 Å². The minimum Gasteiger partial charge on any atom is -0.338 e. The first kappa shape index (κ1) is 15.9. The lowest BCUT2D eigenvalue weighted by molar-refractivity contribution is 0.0686. The summed E-state index contributed by atoms with van der Waals surface area (Å²) in [5.41, 5.74) is 1.45. The smallest absolute Gasteiger partial charge is 0.255 e. The SMILES string of the molecule is Cc1ccc(C(=O)N2CCC(N(C)S(C)(=O)=O)CC2)cn1. The van der Waals surface area contributed by atoms with E-state index in [4.69, 9.17) is 0 Å². The highest BCUT2D eigenvalue weighted by Crippen LogP contribution is 2.19. The van der Waals surface area contributed by atoms with E-state index < -0.39 is 10.0 Å². The molecule has 1 amide bonds. The standard InChI is InChI=1S/C14H21N3O3S/c1-11-4-5-12(10-15-11)14(18)17-8-6-13(7-9-17)16(2)21(3,19)20/h4-5,10,13H,6-9H2,1-3H3. The molecule has 0 atom stereocenters. The molecule has 2 heterocycles. The molecule has 1 saturated heterocycles. The molecule has 0 bridgehead atoms. The monoisotopic (exact) mass is 311 g/mol. The second-order valence-electron chi connectivity index (χ2n) is 5.49. The Labute approximate surface area is 125 Å². The molecule has 0 N–H and O–H groups in total. The van der Waals surface area contributed by atoms with Gasteiger partial charge in [0.15, 0.2) is 0 Å². The molecule has 116 valence electrons. The van der Waals surface area contributed by atoms with E-state index in [9.17, 15) is 13.2 Å². The zero-order chi connectivity index (χ0) is 15.6. The summed E-state index contributed by atoms with van der Waals surface area (Å²) in [6, 6.07) is 3.57. The largest absolute Gasteiger partial charge is 0.338 e. The van der Waals surface area contributed by atoms with E-state index in [2.05, 4.69) is 4.98 Å². The molecule has 0 aliphatic carbocycles. The molecule has 1 aliphatic heterocycles. The lowest BCUT2D eigenvalue weighted by Crippen LogP contribution is -2.47. The van der Waals surface area contributed by atoms with Crippen molar-refractivity contribution in [2.24, 2.45) is 0 Å². The fourth-order valence-electron chi connectivity index (χ4n) is 2.48. The van der Waals surface area contributed by atoms with E-state index in [1.807, 2.05) is 13.0 Å². The second kappa shape index (κ2) is 6.11. The van der Waals surface area contributed by atoms with Crippen molar-refractivity contribution >= 4 is 15.9 Å². The predicted molar refractivity (Wildman–Crippen MR) is 80.5 cm³/mol. The van der Waals surface area contributed by atoms with E-state index in [0.29, 0.717) is 31.5 Å². The van der Waals surface area contributed by atoms with Gasteiger partial charge in [0.25, 0.3) is 5.91 Å². The summed E-state index contributed by atoms with van der Waals surface area (Å²) in [6.07, 6.45) is 4.12. The first-order valence-electron chi connectivity index (χ1n) is 6.94. The van der Waals surface area contributed by atoms with Crippen molar-refractivity contribution in [2.45, 2.75) is 25.8 Å². The average molecular weight is 311 g/mol. The summed E-state index contributed by atoms with van der Waals surface area (Å²) in [5.74, 6) is -0.0389. The second-order valence-corrected chi connectivity index (χ2v) is 7.53. The third-order valence-corrected chi connectivity index (χ3v) is 5.29. The number of amides is 1. The van der Waals surface area contributed by atoms with Crippen molar-refractivity contribution in [3.8, 4) is 0 Å². The van der Waals surface area contributed by atoms with Crippen LogP contribution >= 0.6 is 0 Å². The lowest BCUT2D eigenvalue weighted by Gasteiger charge is -2.35. The third kappa shape index (κ3) is 3.79. The van der Waals surface area contributed by atoms with Crippen molar-refractivity contribution in [3.63, 3.8) is 0 Å². The number of hydrogen-bond acceptors (Lipinski definition) is 4. The normalized spacial score (nSPS) is 17.2. The number of rotatable bonds is 3. The molecule has 1 aliphatic rings. The number of pyridine rings is 1. The van der Waals surface area contributed by atoms with Gasteiger partial charge >= 0.3 is 0 Å². The van der Waals surface area contributed by atoms with Gasteiger partial charge in [-0.2, -0.15) is 0 Å². The molecular weight excluding hydrogens is 290 g/mol. The van der Waals surface area contributed by atoms with E-state index in [1.54, 1.807) is 24.2 Å². The van der Waals surface area contributed by atoms with Crippen LogP contribution in [0.1, 0.15) is 28.9 Å². The van der Waals surface area contributed by atoms with Gasteiger partial charge in [0.05, 0.1) is 11.8 Å². The van der Waals surface area contributed by atoms with Crippen molar-refractivity contribution in [3.05, 3.63) is 29.6 Å². The Morgan fingerprint density at radius 3 is 2.43 bits per heavy atom. The lowest BCUT2D eigenvalue weighted by atomic mass is 10.0. The molecule has 0 radical (unpaired) electrons. The summed E-state index contributed by atoms with van der Waals surface area (Å²) in [7, 11) is -1.58. The fourth-order valence-corrected chi connectivity index (χ4v) is 3.23. The molecule has 7 heteroatoms. The number of sulfonamides is 1. The zero-order valence-corrected chi connectivity index (χ0v) is 13.4. The number of piperidine rings is 1. The van der Waals surface area contributed by atoms with Crippen LogP contribution in [0.5, 0.6) is 0 Å². The van der Waals surface area contributed by atoms with Crippen LogP contribution in [0.4, 0.5) is 0 Å². The molecule has 0 saturated carbocycles. The highest BCUT2D eigenvalue weighted by Gasteiger charge is 2.29. The fraction of sp³-hybridized carbons (Fsp3) is 0.571. The molecule has 0 aromatic carbocycles. The van der Waals surface area contributed by atoms with Crippen LogP contribution in [0.2, 0.25) is 0 Å². The molecule has 2 rings (SSSR count). The zero-order valence-electron chi connectivity index (χ0n) is 12.6. The van der Waals surface area contributed by atoms with Gasteiger partial charge < -0.3 is 4.90 Å². The van der Waals surface area contributed by atoms with Gasteiger partial charge in [0.2, 0.25) is 10.0 Å². The number of hydrogen-bond donors (Lipinski definition) is 0. The first-order valence-corrected chi connectivity index (χ1v) is 8.79. The van der Waals surface area contributed by atoms with Crippen LogP contribution in [0.25, 0.3) is 0 Å². The molecule has 1 aromatic heterocycles. The molecule has 0 spiro atoms. The third-order valence-electron chi connectivity index (χ3n) is 3.95. The maximum atomic E-state index is 12.3. The van der Waals surface area contributed by atoms with Crippen LogP contribution in [-0.4, -0.2) is 60.9 Å². The molecular formula is C14H21N3O3S. The number of carbonyl (C=O) groups is 1. The highest BCUT2D eigenvalue weighted by atomic mass is 32.2. The van der Waals surface area contributed by atoms with Gasteiger partial charge in [-0.05, 0) is 31.9 Å². The number of carbonyl (C=O) groups excluding carboxylic acids is 1. The molecule has 1 fully saturated rings. The molecule has 21 heavy (non-hydrogen) atoms. The Kier molecular flexibility index (Phi) is 4.63. The van der Waals surface area contributed by atoms with Gasteiger partial charge in [-0.15, -0.1) is 0 Å². The summed E-state index contributed by atoms with van der Waals surface area (Å²) in [5, 5.41) is 0. The minimum absolute atomic E-state index is 0.0276. The summed E-state index contributed by atoms with van der Waals surface area (Å²) < 4.78 is 24.5. The summed E-state index contributed by atoms with van der Waals surface area (Å²) in [6.45, 7) is 3.01. The van der Waals surface area contributed by atoms with Gasteiger partial charge in [0.1, 0.15) is 0 Å². The van der Waals surface area contributed by atoms with Crippen molar-refractivity contribution < 1.29 is 13.2 Å². The van der Waals surface area contributed by atoms with Crippen LogP contribution in [0, 0.1) is 6.92 Å². The molecule has 0 unspecified atom stereocenters. The Morgan fingerprint density at radius 1 is 1.33 bits per heavy atom. The summed E-state index contributed by atoms with van der Waals surface area (Å²) >= 11 is 0. The quantitative estimate of drug-likeness (QED) is 0.831. The average Bonchev–Trinajstić information content (AvgIpc) is 2.46. The number of aryl methyl sites for hydroxylation is 1. The van der Waals surface area contributed by atoms with Crippen molar-refractivity contribution in [2.75, 3.05) is 26.4 Å². The van der Waals surface area contributed by atoms with Crippen molar-refractivity contribution in [1.29, 1.82) is 0 Å². The van der Waals surface area contributed by atoms with Gasteiger partial charge in [0, 0.05) is 38.1 Å². The van der Waals surface area contributed by atoms with Gasteiger partial charge in [-0.25, -0.2) is 12.7 Å². The maximum Gasteiger partial charge on any atom is 0.255 e. The van der Waals surface area contributed by atoms with Crippen molar-refractivity contribution in [1.82, 2.24) is 14.2 Å². The number of likely N-dealkylation sites (tertiary alicyclic amines) is 1. The van der Waals surface area contributed by atoms with Crippen LogP contribution < -0.4 is 0 Å². The Balaban J connectivity index is 1.98. The van der Waals surface area contributed by atoms with Crippen LogP contribution in [0.3, 0.4) is 0 Å². The van der Waals surface area contributed by atoms with Gasteiger partial charge in [-0.1, -0.05) is 0 Å². The minimum atomic E-state index is -3.18. The van der Waals surface area contributed by atoms with Gasteiger partial charge in [-0.3, -0.25) is 9.78 Å². The van der Waals surface area contributed by atoms with Crippen LogP contribution in [0.15, 0.2) is 18.3 Å². The van der Waals surface area contributed by atoms with E-state index in [1.165, 1.54) is 10.6 Å². The van der Waals surface area contributed by atoms with Crippen LogP contribution in [-0.2, 0) is 10.0 Å². The Morgan fingerprint density at radius 2 is 1.95 bits per heavy atom. The number of nitrogens with zero attached hydrogens (tertiary/aromatic N) is 3. The predicted octanol–water partition coefficient (Wildman–Crippen LogP) is 0.886. The molecule has 6 nitrogen and oxygen atoms in total. The summed E-state index contributed by atoms with van der Waals surface area (Å²) in [4.78, 5) is 18.2. The Hall–Kier alpha value is -1.47.